The van der Waals surface area contributed by atoms with Crippen molar-refractivity contribution in [2.75, 3.05) is 7.11 Å². The molecule has 0 aliphatic carbocycles. The average Bonchev–Trinajstić information content (AvgIpc) is 2.52. The van der Waals surface area contributed by atoms with Gasteiger partial charge in [0, 0.05) is 5.56 Å². The molecule has 0 aliphatic heterocycles. The fourth-order valence-corrected chi connectivity index (χ4v) is 2.35. The van der Waals surface area contributed by atoms with E-state index < -0.39 is 23.6 Å². The zero-order valence-corrected chi connectivity index (χ0v) is 12.3. The van der Waals surface area contributed by atoms with Gasteiger partial charge in [-0.1, -0.05) is 30.3 Å². The third-order valence-corrected chi connectivity index (χ3v) is 3.53. The van der Waals surface area contributed by atoms with E-state index in [0.717, 1.165) is 12.1 Å². The quantitative estimate of drug-likeness (QED) is 0.900. The van der Waals surface area contributed by atoms with E-state index in [1.165, 1.54) is 19.2 Å². The largest absolute Gasteiger partial charge is 0.496 e. The Morgan fingerprint density at radius 1 is 1.13 bits per heavy atom. The Morgan fingerprint density at radius 3 is 2.26 bits per heavy atom. The van der Waals surface area contributed by atoms with Gasteiger partial charge in [-0.2, -0.15) is 13.2 Å². The van der Waals surface area contributed by atoms with E-state index >= 15 is 0 Å². The Kier molecular flexibility index (Phi) is 4.93. The van der Waals surface area contributed by atoms with E-state index in [9.17, 15) is 23.1 Å². The highest BCUT2D eigenvalue weighted by Crippen LogP contribution is 2.32. The number of rotatable bonds is 5. The number of alkyl halides is 3. The van der Waals surface area contributed by atoms with Crippen LogP contribution in [0, 0.1) is 0 Å². The molecule has 23 heavy (non-hydrogen) atoms. The van der Waals surface area contributed by atoms with Gasteiger partial charge in [0.05, 0.1) is 18.6 Å². The Morgan fingerprint density at radius 2 is 1.74 bits per heavy atom. The summed E-state index contributed by atoms with van der Waals surface area (Å²) in [5.74, 6) is -1.52. The van der Waals surface area contributed by atoms with E-state index in [-0.39, 0.29) is 6.42 Å². The van der Waals surface area contributed by atoms with Crippen LogP contribution in [0.25, 0.3) is 0 Å². The summed E-state index contributed by atoms with van der Waals surface area (Å²) < 4.78 is 42.9. The maximum Gasteiger partial charge on any atom is 0.416 e. The van der Waals surface area contributed by atoms with Gasteiger partial charge in [-0.05, 0) is 30.2 Å². The number of carbonyl (C=O) groups is 1. The average molecular weight is 324 g/mol. The highest BCUT2D eigenvalue weighted by atomic mass is 19.4. The Balaban J connectivity index is 2.28. The molecule has 0 radical (unpaired) electrons. The molecule has 1 N–H and O–H groups in total. The lowest BCUT2D eigenvalue weighted by molar-refractivity contribution is -0.139. The fourth-order valence-electron chi connectivity index (χ4n) is 2.35. The third kappa shape index (κ3) is 4.03. The van der Waals surface area contributed by atoms with Gasteiger partial charge in [0.2, 0.25) is 0 Å². The Labute approximate surface area is 131 Å². The van der Waals surface area contributed by atoms with E-state index in [1.54, 1.807) is 24.3 Å². The molecule has 0 bridgehead atoms. The van der Waals surface area contributed by atoms with Crippen LogP contribution in [0.5, 0.6) is 5.75 Å². The second kappa shape index (κ2) is 6.73. The van der Waals surface area contributed by atoms with Crippen LogP contribution in [-0.4, -0.2) is 18.2 Å². The maximum absolute atomic E-state index is 12.6. The molecule has 2 aromatic carbocycles. The predicted octanol–water partition coefficient (Wildman–Crippen LogP) is 4.12. The first-order chi connectivity index (χ1) is 10.8. The minimum Gasteiger partial charge on any atom is -0.496 e. The maximum atomic E-state index is 12.6. The molecule has 0 fully saturated rings. The Hall–Kier alpha value is -2.50. The van der Waals surface area contributed by atoms with Crippen molar-refractivity contribution >= 4 is 5.97 Å². The minimum absolute atomic E-state index is 0.0772. The van der Waals surface area contributed by atoms with E-state index in [2.05, 4.69) is 0 Å². The number of ether oxygens (including phenoxy) is 1. The van der Waals surface area contributed by atoms with Crippen LogP contribution in [-0.2, 0) is 17.4 Å². The molecule has 3 nitrogen and oxygen atoms in total. The molecule has 0 saturated carbocycles. The van der Waals surface area contributed by atoms with Crippen LogP contribution in [0.1, 0.15) is 22.6 Å². The summed E-state index contributed by atoms with van der Waals surface area (Å²) >= 11 is 0. The smallest absolute Gasteiger partial charge is 0.416 e. The molecule has 0 amide bonds. The number of benzene rings is 2. The number of methoxy groups -OCH3 is 1. The van der Waals surface area contributed by atoms with Crippen molar-refractivity contribution in [2.24, 2.45) is 0 Å². The molecular weight excluding hydrogens is 309 g/mol. The summed E-state index contributed by atoms with van der Waals surface area (Å²) in [6, 6.07) is 11.2. The number of hydrogen-bond donors (Lipinski definition) is 1. The van der Waals surface area contributed by atoms with Crippen molar-refractivity contribution in [3.05, 3.63) is 65.2 Å². The number of para-hydroxylation sites is 1. The number of halogens is 3. The first kappa shape index (κ1) is 16.9. The van der Waals surface area contributed by atoms with Gasteiger partial charge >= 0.3 is 12.1 Å². The van der Waals surface area contributed by atoms with Crippen LogP contribution < -0.4 is 4.74 Å². The highest BCUT2D eigenvalue weighted by Gasteiger charge is 2.30. The van der Waals surface area contributed by atoms with Crippen molar-refractivity contribution < 1.29 is 27.8 Å². The van der Waals surface area contributed by atoms with Gasteiger partial charge in [0.1, 0.15) is 5.75 Å². The summed E-state index contributed by atoms with van der Waals surface area (Å²) in [6.45, 7) is 0. The standard InChI is InChI=1S/C17H15F3O3/c1-23-15-5-3-2-4-13(15)14(16(21)22)10-11-6-8-12(9-7-11)17(18,19)20/h2-9,14H,10H2,1H3,(H,21,22). The summed E-state index contributed by atoms with van der Waals surface area (Å²) in [7, 11) is 1.44. The van der Waals surface area contributed by atoms with Crippen molar-refractivity contribution in [1.82, 2.24) is 0 Å². The van der Waals surface area contributed by atoms with Gasteiger partial charge in [0.15, 0.2) is 0 Å². The number of hydrogen-bond acceptors (Lipinski definition) is 2. The van der Waals surface area contributed by atoms with E-state index in [0.29, 0.717) is 16.9 Å². The molecule has 2 aromatic rings. The van der Waals surface area contributed by atoms with Gasteiger partial charge in [0.25, 0.3) is 0 Å². The van der Waals surface area contributed by atoms with Crippen LogP contribution in [0.15, 0.2) is 48.5 Å². The lowest BCUT2D eigenvalue weighted by Crippen LogP contribution is -2.15. The first-order valence-electron chi connectivity index (χ1n) is 6.84. The predicted molar refractivity (Wildman–Crippen MR) is 78.5 cm³/mol. The molecular formula is C17H15F3O3. The molecule has 122 valence electrons. The molecule has 0 saturated heterocycles. The normalized spacial score (nSPS) is 12.7. The van der Waals surface area contributed by atoms with Crippen LogP contribution in [0.4, 0.5) is 13.2 Å². The van der Waals surface area contributed by atoms with Crippen molar-refractivity contribution in [2.45, 2.75) is 18.5 Å². The summed E-state index contributed by atoms with van der Waals surface area (Å²) in [4.78, 5) is 11.6. The van der Waals surface area contributed by atoms with Crippen LogP contribution >= 0.6 is 0 Å². The number of carboxylic acid groups (broad SMARTS) is 1. The molecule has 0 spiro atoms. The van der Waals surface area contributed by atoms with Crippen molar-refractivity contribution in [1.29, 1.82) is 0 Å². The topological polar surface area (TPSA) is 46.5 Å². The summed E-state index contributed by atoms with van der Waals surface area (Å²) in [6.07, 6.45) is -4.33. The summed E-state index contributed by atoms with van der Waals surface area (Å²) in [5, 5.41) is 9.46. The van der Waals surface area contributed by atoms with E-state index in [4.69, 9.17) is 4.74 Å². The molecule has 1 atom stereocenters. The van der Waals surface area contributed by atoms with Crippen molar-refractivity contribution in [3.63, 3.8) is 0 Å². The molecule has 6 heteroatoms. The highest BCUT2D eigenvalue weighted by molar-refractivity contribution is 5.77. The zero-order chi connectivity index (χ0) is 17.0. The minimum atomic E-state index is -4.41. The molecule has 1 unspecified atom stereocenters. The van der Waals surface area contributed by atoms with Crippen LogP contribution in [0.2, 0.25) is 0 Å². The number of aliphatic carboxylic acids is 1. The molecule has 0 aromatic heterocycles. The van der Waals surface area contributed by atoms with E-state index in [1.807, 2.05) is 0 Å². The van der Waals surface area contributed by atoms with Gasteiger partial charge in [-0.25, -0.2) is 0 Å². The molecule has 2 rings (SSSR count). The zero-order valence-electron chi connectivity index (χ0n) is 12.3. The summed E-state index contributed by atoms with van der Waals surface area (Å²) in [5.41, 5.74) is 0.240. The lowest BCUT2D eigenvalue weighted by Gasteiger charge is -2.16. The van der Waals surface area contributed by atoms with Gasteiger partial charge in [-0.15, -0.1) is 0 Å². The monoisotopic (exact) mass is 324 g/mol. The van der Waals surface area contributed by atoms with Gasteiger partial charge in [-0.3, -0.25) is 4.79 Å². The fraction of sp³-hybridized carbons (Fsp3) is 0.235. The third-order valence-electron chi connectivity index (χ3n) is 3.53. The molecule has 0 aliphatic rings. The number of carboxylic acids is 1. The van der Waals surface area contributed by atoms with Crippen LogP contribution in [0.3, 0.4) is 0 Å². The first-order valence-corrected chi connectivity index (χ1v) is 6.84. The molecule has 0 heterocycles. The SMILES string of the molecule is COc1ccccc1C(Cc1ccc(C(F)(F)F)cc1)C(=O)O. The lowest BCUT2D eigenvalue weighted by atomic mass is 9.91. The second-order valence-corrected chi connectivity index (χ2v) is 5.03. The second-order valence-electron chi connectivity index (χ2n) is 5.03. The Bertz CT molecular complexity index is 678. The van der Waals surface area contributed by atoms with Crippen molar-refractivity contribution in [3.8, 4) is 5.75 Å². The van der Waals surface area contributed by atoms with Gasteiger partial charge < -0.3 is 9.84 Å².